The van der Waals surface area contributed by atoms with Crippen LogP contribution in [0.15, 0.2) is 23.5 Å². The number of oxime groups is 1. The minimum atomic E-state index is -0.262. The molecule has 2 aliphatic rings. The third kappa shape index (κ3) is 5.28. The quantitative estimate of drug-likeness (QED) is 0.594. The largest absolute Gasteiger partial charge is 0.392 e. The summed E-state index contributed by atoms with van der Waals surface area (Å²) in [5.41, 5.74) is 1.15. The van der Waals surface area contributed by atoms with Gasteiger partial charge >= 0.3 is 0 Å². The number of hydrogen-bond donors (Lipinski definition) is 1. The van der Waals surface area contributed by atoms with Crippen molar-refractivity contribution in [3.8, 4) is 12.1 Å². The van der Waals surface area contributed by atoms with Crippen molar-refractivity contribution in [1.82, 2.24) is 15.2 Å². The highest BCUT2D eigenvalue weighted by molar-refractivity contribution is 5.79. The third-order valence-corrected chi connectivity index (χ3v) is 5.25. The minimum Gasteiger partial charge on any atom is -0.392 e. The van der Waals surface area contributed by atoms with E-state index in [-0.39, 0.29) is 30.6 Å². The normalized spacial score (nSPS) is 24.6. The van der Waals surface area contributed by atoms with Crippen molar-refractivity contribution in [2.75, 3.05) is 13.1 Å². The van der Waals surface area contributed by atoms with Crippen molar-refractivity contribution >= 4 is 12.1 Å². The number of rotatable bonds is 6. The van der Waals surface area contributed by atoms with Gasteiger partial charge in [-0.1, -0.05) is 5.16 Å². The van der Waals surface area contributed by atoms with Gasteiger partial charge in [0, 0.05) is 18.8 Å². The van der Waals surface area contributed by atoms with Gasteiger partial charge in [-0.25, -0.2) is 0 Å². The number of carbonyl (C=O) groups excluding carboxylic acids is 1. The number of carbonyl (C=O) groups is 1. The van der Waals surface area contributed by atoms with Gasteiger partial charge in [0.1, 0.15) is 18.2 Å². The number of nitrogens with one attached hydrogen (secondary N) is 1. The second-order valence-electron chi connectivity index (χ2n) is 7.15. The van der Waals surface area contributed by atoms with Crippen LogP contribution >= 0.6 is 0 Å². The first-order valence-electron chi connectivity index (χ1n) is 9.67. The Morgan fingerprint density at radius 1 is 1.32 bits per heavy atom. The lowest BCUT2D eigenvalue weighted by Gasteiger charge is -2.28. The van der Waals surface area contributed by atoms with Crippen LogP contribution in [0.2, 0.25) is 0 Å². The zero-order valence-corrected chi connectivity index (χ0v) is 15.8. The maximum absolute atomic E-state index is 12.3. The van der Waals surface area contributed by atoms with Gasteiger partial charge in [0.25, 0.3) is 0 Å². The Balaban J connectivity index is 1.35. The van der Waals surface area contributed by atoms with E-state index in [2.05, 4.69) is 21.5 Å². The Bertz CT molecular complexity index is 771. The van der Waals surface area contributed by atoms with Gasteiger partial charge in [0.05, 0.1) is 30.1 Å². The molecule has 3 rings (SSSR count). The van der Waals surface area contributed by atoms with Crippen LogP contribution in [-0.4, -0.2) is 53.3 Å². The van der Waals surface area contributed by atoms with Crippen LogP contribution in [-0.2, 0) is 9.63 Å². The molecule has 1 saturated carbocycles. The van der Waals surface area contributed by atoms with Crippen molar-refractivity contribution < 1.29 is 9.63 Å². The number of hydrogen-bond acceptors (Lipinski definition) is 7. The zero-order chi connectivity index (χ0) is 19.8. The van der Waals surface area contributed by atoms with Crippen LogP contribution in [0.1, 0.15) is 49.8 Å². The number of aromatic nitrogens is 1. The van der Waals surface area contributed by atoms with E-state index in [4.69, 9.17) is 15.4 Å². The molecule has 8 heteroatoms. The molecule has 2 heterocycles. The van der Waals surface area contributed by atoms with Gasteiger partial charge in [-0.05, 0) is 50.7 Å². The molecule has 1 aromatic rings. The summed E-state index contributed by atoms with van der Waals surface area (Å²) in [4.78, 5) is 23.6. The minimum absolute atomic E-state index is 0.0157. The van der Waals surface area contributed by atoms with E-state index in [1.807, 2.05) is 6.07 Å². The second kappa shape index (κ2) is 9.82. The summed E-state index contributed by atoms with van der Waals surface area (Å²) in [5, 5.41) is 25.2. The molecule has 1 saturated heterocycles. The lowest BCUT2D eigenvalue weighted by Crippen LogP contribution is -2.44. The van der Waals surface area contributed by atoms with Crippen LogP contribution in [0, 0.1) is 22.7 Å². The highest BCUT2D eigenvalue weighted by Gasteiger charge is 2.29. The summed E-state index contributed by atoms with van der Waals surface area (Å²) in [6, 6.07) is 7.66. The number of nitriles is 2. The lowest BCUT2D eigenvalue weighted by molar-refractivity contribution is -0.130. The number of likely N-dealkylation sites (tertiary alicyclic amines) is 1. The van der Waals surface area contributed by atoms with Crippen LogP contribution in [0.5, 0.6) is 0 Å². The van der Waals surface area contributed by atoms with Crippen molar-refractivity contribution in [3.63, 3.8) is 0 Å². The SMILES string of the molecule is N#Cc1ccc(C=NO[C@H]2CC[C@@H](NCC(=O)N3CCC[C@H]3C#N)CC2)nc1. The van der Waals surface area contributed by atoms with E-state index < -0.39 is 0 Å². The molecule has 1 amide bonds. The first-order valence-corrected chi connectivity index (χ1v) is 9.67. The first-order chi connectivity index (χ1) is 13.7. The molecule has 8 nitrogen and oxygen atoms in total. The Kier molecular flexibility index (Phi) is 6.94. The fourth-order valence-electron chi connectivity index (χ4n) is 3.62. The summed E-state index contributed by atoms with van der Waals surface area (Å²) in [7, 11) is 0. The van der Waals surface area contributed by atoms with Gasteiger partial charge in [-0.2, -0.15) is 10.5 Å². The van der Waals surface area contributed by atoms with E-state index >= 15 is 0 Å². The number of pyridine rings is 1. The Morgan fingerprint density at radius 2 is 2.14 bits per heavy atom. The zero-order valence-electron chi connectivity index (χ0n) is 15.8. The fourth-order valence-corrected chi connectivity index (χ4v) is 3.62. The van der Waals surface area contributed by atoms with E-state index in [0.717, 1.165) is 38.5 Å². The first kappa shape index (κ1) is 19.8. The van der Waals surface area contributed by atoms with Crippen LogP contribution in [0.4, 0.5) is 0 Å². The van der Waals surface area contributed by atoms with Crippen molar-refractivity contribution in [2.45, 2.75) is 56.7 Å². The van der Waals surface area contributed by atoms with Gasteiger partial charge in [-0.3, -0.25) is 9.78 Å². The van der Waals surface area contributed by atoms with Gasteiger partial charge in [-0.15, -0.1) is 0 Å². The van der Waals surface area contributed by atoms with Crippen LogP contribution in [0.25, 0.3) is 0 Å². The third-order valence-electron chi connectivity index (χ3n) is 5.25. The molecule has 2 fully saturated rings. The predicted molar refractivity (Wildman–Crippen MR) is 102 cm³/mol. The van der Waals surface area contributed by atoms with Gasteiger partial charge in [0.15, 0.2) is 0 Å². The summed E-state index contributed by atoms with van der Waals surface area (Å²) < 4.78 is 0. The summed E-state index contributed by atoms with van der Waals surface area (Å²) in [6.07, 6.45) is 8.38. The second-order valence-corrected chi connectivity index (χ2v) is 7.15. The van der Waals surface area contributed by atoms with Crippen LogP contribution < -0.4 is 5.32 Å². The molecule has 0 bridgehead atoms. The smallest absolute Gasteiger partial charge is 0.237 e. The summed E-state index contributed by atoms with van der Waals surface area (Å²) >= 11 is 0. The molecule has 28 heavy (non-hydrogen) atoms. The monoisotopic (exact) mass is 380 g/mol. The standard InChI is InChI=1S/C20H24N6O2/c21-10-15-3-4-17(23-12-15)13-25-28-19-7-5-16(6-8-19)24-14-20(27)26-9-1-2-18(26)11-22/h3-4,12-13,16,18-19,24H,1-2,5-9,14H2/t16-,18-,19+/m0/s1. The predicted octanol–water partition coefficient (Wildman–Crippen LogP) is 1.72. The summed E-state index contributed by atoms with van der Waals surface area (Å²) in [5.74, 6) is 0.0157. The summed E-state index contributed by atoms with van der Waals surface area (Å²) in [6.45, 7) is 0.975. The van der Waals surface area contributed by atoms with Crippen LogP contribution in [0.3, 0.4) is 0 Å². The molecule has 1 aliphatic heterocycles. The van der Waals surface area contributed by atoms with E-state index in [1.54, 1.807) is 23.2 Å². The molecule has 0 spiro atoms. The van der Waals surface area contributed by atoms with Crippen molar-refractivity contribution in [1.29, 1.82) is 10.5 Å². The van der Waals surface area contributed by atoms with Crippen molar-refractivity contribution in [2.24, 2.45) is 5.16 Å². The van der Waals surface area contributed by atoms with Crippen molar-refractivity contribution in [3.05, 3.63) is 29.6 Å². The Labute approximate surface area is 164 Å². The average Bonchev–Trinajstić information content (AvgIpc) is 3.22. The molecule has 1 aliphatic carbocycles. The van der Waals surface area contributed by atoms with Gasteiger partial charge < -0.3 is 15.1 Å². The molecule has 0 aromatic carbocycles. The van der Waals surface area contributed by atoms with E-state index in [1.165, 1.54) is 6.20 Å². The van der Waals surface area contributed by atoms with E-state index in [0.29, 0.717) is 17.8 Å². The molecular formula is C20H24N6O2. The molecule has 1 N–H and O–H groups in total. The number of amides is 1. The molecular weight excluding hydrogens is 356 g/mol. The molecule has 0 unspecified atom stereocenters. The average molecular weight is 380 g/mol. The van der Waals surface area contributed by atoms with E-state index in [9.17, 15) is 4.79 Å². The van der Waals surface area contributed by atoms with Gasteiger partial charge in [0.2, 0.25) is 5.91 Å². The molecule has 146 valence electrons. The highest BCUT2D eigenvalue weighted by atomic mass is 16.6. The topological polar surface area (TPSA) is 114 Å². The molecule has 0 radical (unpaired) electrons. The Morgan fingerprint density at radius 3 is 2.82 bits per heavy atom. The maximum Gasteiger partial charge on any atom is 0.237 e. The molecule has 1 atom stereocenters. The maximum atomic E-state index is 12.3. The fraction of sp³-hybridized carbons (Fsp3) is 0.550. The lowest BCUT2D eigenvalue weighted by atomic mass is 9.93. The Hall–Kier alpha value is -2.97. The number of nitrogens with zero attached hydrogens (tertiary/aromatic N) is 5. The molecule has 1 aromatic heterocycles. The highest BCUT2D eigenvalue weighted by Crippen LogP contribution is 2.22.